The highest BCUT2D eigenvalue weighted by molar-refractivity contribution is 8.00. The number of nitrogens with zero attached hydrogens (tertiary/aromatic N) is 2. The SMILES string of the molecule is CC[C@H](C)NC(=O)CSc1ncnc2sccc12. The Morgan fingerprint density at radius 3 is 3.17 bits per heavy atom. The maximum Gasteiger partial charge on any atom is 0.230 e. The summed E-state index contributed by atoms with van der Waals surface area (Å²) in [5, 5.41) is 6.84. The number of hydrogen-bond donors (Lipinski definition) is 1. The van der Waals surface area contributed by atoms with Gasteiger partial charge < -0.3 is 5.32 Å². The molecule has 0 unspecified atom stereocenters. The lowest BCUT2D eigenvalue weighted by atomic mass is 10.3. The van der Waals surface area contributed by atoms with Gasteiger partial charge in [-0.05, 0) is 24.8 Å². The van der Waals surface area contributed by atoms with Crippen LogP contribution in [-0.2, 0) is 4.79 Å². The molecule has 6 heteroatoms. The van der Waals surface area contributed by atoms with Crippen LogP contribution in [0, 0.1) is 0 Å². The standard InChI is InChI=1S/C12H15N3OS2/c1-3-8(2)15-10(16)6-18-12-9-4-5-17-11(9)13-7-14-12/h4-5,7-8H,3,6H2,1-2H3,(H,15,16)/t8-/m0/s1. The van der Waals surface area contributed by atoms with Crippen LogP contribution in [-0.4, -0.2) is 27.7 Å². The fourth-order valence-corrected chi connectivity index (χ4v) is 3.03. The number of amides is 1. The minimum absolute atomic E-state index is 0.0522. The normalized spacial score (nSPS) is 12.6. The van der Waals surface area contributed by atoms with E-state index in [0.29, 0.717) is 5.75 Å². The van der Waals surface area contributed by atoms with Crippen molar-refractivity contribution in [2.24, 2.45) is 0 Å². The second-order valence-electron chi connectivity index (χ2n) is 3.98. The quantitative estimate of drug-likeness (QED) is 0.676. The zero-order chi connectivity index (χ0) is 13.0. The van der Waals surface area contributed by atoms with Crippen LogP contribution in [0.1, 0.15) is 20.3 Å². The van der Waals surface area contributed by atoms with Gasteiger partial charge in [-0.2, -0.15) is 0 Å². The molecule has 4 nitrogen and oxygen atoms in total. The number of rotatable bonds is 5. The molecule has 0 aliphatic carbocycles. The van der Waals surface area contributed by atoms with Crippen LogP contribution < -0.4 is 5.32 Å². The van der Waals surface area contributed by atoms with Gasteiger partial charge in [0.1, 0.15) is 16.2 Å². The van der Waals surface area contributed by atoms with E-state index < -0.39 is 0 Å². The van der Waals surface area contributed by atoms with E-state index in [1.165, 1.54) is 11.8 Å². The average Bonchev–Trinajstić information content (AvgIpc) is 2.84. The first-order chi connectivity index (χ1) is 8.70. The number of aromatic nitrogens is 2. The molecule has 0 saturated carbocycles. The van der Waals surface area contributed by atoms with E-state index in [9.17, 15) is 4.79 Å². The zero-order valence-electron chi connectivity index (χ0n) is 10.3. The largest absolute Gasteiger partial charge is 0.353 e. The Morgan fingerprint density at radius 1 is 1.56 bits per heavy atom. The molecule has 1 N–H and O–H groups in total. The molecule has 0 radical (unpaired) electrons. The lowest BCUT2D eigenvalue weighted by Gasteiger charge is -2.10. The topological polar surface area (TPSA) is 54.9 Å². The van der Waals surface area contributed by atoms with Crippen molar-refractivity contribution in [3.05, 3.63) is 17.8 Å². The lowest BCUT2D eigenvalue weighted by Crippen LogP contribution is -2.33. The molecule has 0 aliphatic heterocycles. The summed E-state index contributed by atoms with van der Waals surface area (Å²) >= 11 is 3.04. The summed E-state index contributed by atoms with van der Waals surface area (Å²) in [7, 11) is 0. The van der Waals surface area contributed by atoms with Crippen LogP contribution in [0.25, 0.3) is 10.2 Å². The first kappa shape index (κ1) is 13.3. The summed E-state index contributed by atoms with van der Waals surface area (Å²) < 4.78 is 0. The maximum atomic E-state index is 11.7. The summed E-state index contributed by atoms with van der Waals surface area (Å²) in [5.74, 6) is 0.447. The third kappa shape index (κ3) is 3.20. The van der Waals surface area contributed by atoms with E-state index in [2.05, 4.69) is 22.2 Å². The Morgan fingerprint density at radius 2 is 2.39 bits per heavy atom. The summed E-state index contributed by atoms with van der Waals surface area (Å²) in [4.78, 5) is 21.1. The van der Waals surface area contributed by atoms with Crippen molar-refractivity contribution >= 4 is 39.2 Å². The van der Waals surface area contributed by atoms with Crippen molar-refractivity contribution in [1.82, 2.24) is 15.3 Å². The summed E-state index contributed by atoms with van der Waals surface area (Å²) in [6.45, 7) is 4.06. The molecule has 1 atom stereocenters. The van der Waals surface area contributed by atoms with E-state index >= 15 is 0 Å². The first-order valence-electron chi connectivity index (χ1n) is 5.81. The van der Waals surface area contributed by atoms with Crippen LogP contribution in [0.2, 0.25) is 0 Å². The van der Waals surface area contributed by atoms with Gasteiger partial charge in [-0.1, -0.05) is 18.7 Å². The number of hydrogen-bond acceptors (Lipinski definition) is 5. The lowest BCUT2D eigenvalue weighted by molar-refractivity contribution is -0.119. The molecule has 2 aromatic heterocycles. The second-order valence-corrected chi connectivity index (χ2v) is 5.84. The van der Waals surface area contributed by atoms with Gasteiger partial charge in [0.2, 0.25) is 5.91 Å². The van der Waals surface area contributed by atoms with Gasteiger partial charge in [0, 0.05) is 11.4 Å². The first-order valence-corrected chi connectivity index (χ1v) is 7.67. The zero-order valence-corrected chi connectivity index (χ0v) is 12.0. The average molecular weight is 281 g/mol. The van der Waals surface area contributed by atoms with Gasteiger partial charge in [-0.25, -0.2) is 9.97 Å². The fourth-order valence-electron chi connectivity index (χ4n) is 1.43. The number of nitrogens with one attached hydrogen (secondary N) is 1. The number of carbonyl (C=O) groups is 1. The summed E-state index contributed by atoms with van der Waals surface area (Å²) in [5.41, 5.74) is 0. The van der Waals surface area contributed by atoms with E-state index in [0.717, 1.165) is 21.7 Å². The van der Waals surface area contributed by atoms with Gasteiger partial charge in [0.05, 0.1) is 5.75 Å². The number of fused-ring (bicyclic) bond motifs is 1. The van der Waals surface area contributed by atoms with Gasteiger partial charge in [0.25, 0.3) is 0 Å². The van der Waals surface area contributed by atoms with Crippen molar-refractivity contribution in [3.63, 3.8) is 0 Å². The van der Waals surface area contributed by atoms with Gasteiger partial charge in [0.15, 0.2) is 0 Å². The van der Waals surface area contributed by atoms with Crippen molar-refractivity contribution < 1.29 is 4.79 Å². The molecule has 0 aromatic carbocycles. The van der Waals surface area contributed by atoms with Crippen molar-refractivity contribution in [2.45, 2.75) is 31.3 Å². The Bertz CT molecular complexity index is 541. The Kier molecular flexibility index (Phi) is 4.54. The molecule has 0 spiro atoms. The molecule has 2 aromatic rings. The molecule has 0 saturated heterocycles. The maximum absolute atomic E-state index is 11.7. The predicted molar refractivity (Wildman–Crippen MR) is 76.0 cm³/mol. The monoisotopic (exact) mass is 281 g/mol. The third-order valence-electron chi connectivity index (χ3n) is 2.58. The predicted octanol–water partition coefficient (Wildman–Crippen LogP) is 2.70. The molecule has 96 valence electrons. The molecule has 2 heterocycles. The van der Waals surface area contributed by atoms with Crippen LogP contribution in [0.5, 0.6) is 0 Å². The second kappa shape index (κ2) is 6.15. The molecule has 0 bridgehead atoms. The van der Waals surface area contributed by atoms with Crippen molar-refractivity contribution in [1.29, 1.82) is 0 Å². The van der Waals surface area contributed by atoms with Crippen LogP contribution in [0.3, 0.4) is 0 Å². The third-order valence-corrected chi connectivity index (χ3v) is 4.41. The molecule has 0 fully saturated rings. The highest BCUT2D eigenvalue weighted by atomic mass is 32.2. The van der Waals surface area contributed by atoms with E-state index in [1.807, 2.05) is 18.4 Å². The van der Waals surface area contributed by atoms with Crippen molar-refractivity contribution in [3.8, 4) is 0 Å². The van der Waals surface area contributed by atoms with Crippen LogP contribution in [0.4, 0.5) is 0 Å². The number of carbonyl (C=O) groups excluding carboxylic acids is 1. The Hall–Kier alpha value is -1.14. The Labute approximate surface area is 114 Å². The van der Waals surface area contributed by atoms with E-state index in [-0.39, 0.29) is 11.9 Å². The van der Waals surface area contributed by atoms with Gasteiger partial charge in [-0.15, -0.1) is 11.3 Å². The molecular formula is C12H15N3OS2. The Balaban J connectivity index is 1.98. The molecule has 2 rings (SSSR count). The highest BCUT2D eigenvalue weighted by Crippen LogP contribution is 2.27. The van der Waals surface area contributed by atoms with Crippen LogP contribution >= 0.6 is 23.1 Å². The molecule has 0 aliphatic rings. The molecular weight excluding hydrogens is 266 g/mol. The van der Waals surface area contributed by atoms with E-state index in [4.69, 9.17) is 0 Å². The molecule has 1 amide bonds. The fraction of sp³-hybridized carbons (Fsp3) is 0.417. The number of thioether (sulfide) groups is 1. The van der Waals surface area contributed by atoms with Crippen LogP contribution in [0.15, 0.2) is 22.8 Å². The molecule has 18 heavy (non-hydrogen) atoms. The minimum atomic E-state index is 0.0522. The van der Waals surface area contributed by atoms with Gasteiger partial charge >= 0.3 is 0 Å². The van der Waals surface area contributed by atoms with Gasteiger partial charge in [-0.3, -0.25) is 4.79 Å². The summed E-state index contributed by atoms with van der Waals surface area (Å²) in [6, 6.07) is 2.22. The van der Waals surface area contributed by atoms with E-state index in [1.54, 1.807) is 17.7 Å². The smallest absolute Gasteiger partial charge is 0.230 e. The summed E-state index contributed by atoms with van der Waals surface area (Å²) in [6.07, 6.45) is 2.49. The van der Waals surface area contributed by atoms with Crippen molar-refractivity contribution in [2.75, 3.05) is 5.75 Å². The highest BCUT2D eigenvalue weighted by Gasteiger charge is 2.09. The minimum Gasteiger partial charge on any atom is -0.353 e. The number of thiophene rings is 1.